The van der Waals surface area contributed by atoms with Crippen LogP contribution < -0.4 is 0 Å². The summed E-state index contributed by atoms with van der Waals surface area (Å²) in [6.07, 6.45) is 12.5. The van der Waals surface area contributed by atoms with Crippen molar-refractivity contribution in [1.29, 1.82) is 0 Å². The fraction of sp³-hybridized carbons (Fsp3) is 0.524. The van der Waals surface area contributed by atoms with Gasteiger partial charge in [-0.2, -0.15) is 0 Å². The Morgan fingerprint density at radius 3 is 2.32 bits per heavy atom. The Morgan fingerprint density at radius 1 is 1.05 bits per heavy atom. The molecule has 0 aliphatic carbocycles. The number of unbranched alkanes of at least 4 members (excludes halogenated alkanes) is 1. The maximum atomic E-state index is 5.38. The van der Waals surface area contributed by atoms with Gasteiger partial charge in [0.05, 0.1) is 0 Å². The standard InChI is InChI=1S/C21H31N/c1-5-8-16-22(15-6-2)17-9-10-19(4)18-21-13-11-20(7-3)12-14-21/h3,11-14H,4-6,8-10,15-18H2,1-2H3. The summed E-state index contributed by atoms with van der Waals surface area (Å²) in [6.45, 7) is 12.4. The van der Waals surface area contributed by atoms with Gasteiger partial charge in [0.25, 0.3) is 0 Å². The van der Waals surface area contributed by atoms with Crippen molar-refractivity contribution in [3.05, 3.63) is 47.5 Å². The van der Waals surface area contributed by atoms with Gasteiger partial charge in [0, 0.05) is 5.56 Å². The average Bonchev–Trinajstić information content (AvgIpc) is 2.53. The second-order valence-corrected chi connectivity index (χ2v) is 6.07. The summed E-state index contributed by atoms with van der Waals surface area (Å²) >= 11 is 0. The summed E-state index contributed by atoms with van der Waals surface area (Å²) in [6, 6.07) is 8.25. The molecular weight excluding hydrogens is 266 g/mol. The summed E-state index contributed by atoms with van der Waals surface area (Å²) in [7, 11) is 0. The summed E-state index contributed by atoms with van der Waals surface area (Å²) in [4.78, 5) is 2.60. The first-order chi connectivity index (χ1) is 10.7. The van der Waals surface area contributed by atoms with Gasteiger partial charge in [0.1, 0.15) is 0 Å². The zero-order valence-electron chi connectivity index (χ0n) is 14.4. The Balaban J connectivity index is 2.30. The molecule has 0 heterocycles. The van der Waals surface area contributed by atoms with Crippen LogP contribution in [0.5, 0.6) is 0 Å². The zero-order valence-corrected chi connectivity index (χ0v) is 14.4. The molecule has 1 nitrogen and oxygen atoms in total. The van der Waals surface area contributed by atoms with Crippen LogP contribution in [-0.2, 0) is 6.42 Å². The van der Waals surface area contributed by atoms with Crippen LogP contribution in [0.25, 0.3) is 0 Å². The lowest BCUT2D eigenvalue weighted by molar-refractivity contribution is 0.266. The maximum absolute atomic E-state index is 5.38. The Morgan fingerprint density at radius 2 is 1.73 bits per heavy atom. The smallest absolute Gasteiger partial charge is 0.0242 e. The van der Waals surface area contributed by atoms with Gasteiger partial charge in [-0.25, -0.2) is 0 Å². The Labute approximate surface area is 137 Å². The van der Waals surface area contributed by atoms with Crippen LogP contribution in [0.2, 0.25) is 0 Å². The number of rotatable bonds is 11. The van der Waals surface area contributed by atoms with E-state index >= 15 is 0 Å². The van der Waals surface area contributed by atoms with Crippen molar-refractivity contribution in [3.8, 4) is 12.3 Å². The van der Waals surface area contributed by atoms with Gasteiger partial charge in [-0.3, -0.25) is 0 Å². The van der Waals surface area contributed by atoms with E-state index in [-0.39, 0.29) is 0 Å². The Hall–Kier alpha value is -1.52. The van der Waals surface area contributed by atoms with Crippen molar-refractivity contribution < 1.29 is 0 Å². The van der Waals surface area contributed by atoms with Gasteiger partial charge in [0.15, 0.2) is 0 Å². The molecule has 1 aromatic rings. The molecule has 0 bridgehead atoms. The minimum atomic E-state index is 0.945. The van der Waals surface area contributed by atoms with E-state index < -0.39 is 0 Å². The van der Waals surface area contributed by atoms with Crippen LogP contribution in [-0.4, -0.2) is 24.5 Å². The average molecular weight is 297 g/mol. The van der Waals surface area contributed by atoms with Gasteiger partial charge < -0.3 is 4.90 Å². The molecule has 0 saturated heterocycles. The highest BCUT2D eigenvalue weighted by Crippen LogP contribution is 2.13. The Kier molecular flexibility index (Phi) is 9.35. The fourth-order valence-corrected chi connectivity index (χ4v) is 2.68. The second-order valence-electron chi connectivity index (χ2n) is 6.07. The molecule has 0 N–H and O–H groups in total. The van der Waals surface area contributed by atoms with Crippen LogP contribution >= 0.6 is 0 Å². The minimum absolute atomic E-state index is 0.945. The molecule has 0 amide bonds. The third-order valence-electron chi connectivity index (χ3n) is 3.95. The minimum Gasteiger partial charge on any atom is -0.303 e. The first-order valence-electron chi connectivity index (χ1n) is 8.64. The molecule has 0 aliphatic heterocycles. The molecule has 120 valence electrons. The third kappa shape index (κ3) is 7.48. The lowest BCUT2D eigenvalue weighted by Gasteiger charge is -2.21. The number of allylic oxidation sites excluding steroid dienone is 1. The number of benzene rings is 1. The summed E-state index contributed by atoms with van der Waals surface area (Å²) in [5, 5.41) is 0. The zero-order chi connectivity index (χ0) is 16.2. The molecule has 0 atom stereocenters. The maximum Gasteiger partial charge on any atom is 0.0242 e. The van der Waals surface area contributed by atoms with Crippen molar-refractivity contribution in [3.63, 3.8) is 0 Å². The van der Waals surface area contributed by atoms with Gasteiger partial charge in [-0.05, 0) is 69.4 Å². The number of hydrogen-bond donors (Lipinski definition) is 0. The van der Waals surface area contributed by atoms with Crippen LogP contribution in [0.15, 0.2) is 36.4 Å². The fourth-order valence-electron chi connectivity index (χ4n) is 2.68. The molecule has 22 heavy (non-hydrogen) atoms. The molecule has 1 aromatic carbocycles. The molecule has 0 aromatic heterocycles. The monoisotopic (exact) mass is 297 g/mol. The number of nitrogens with zero attached hydrogens (tertiary/aromatic N) is 1. The lowest BCUT2D eigenvalue weighted by Crippen LogP contribution is -2.26. The lowest BCUT2D eigenvalue weighted by atomic mass is 10.0. The molecule has 0 radical (unpaired) electrons. The van der Waals surface area contributed by atoms with E-state index in [1.165, 1.54) is 56.5 Å². The first-order valence-corrected chi connectivity index (χ1v) is 8.64. The predicted octanol–water partition coefficient (Wildman–Crippen LogP) is 5.06. The number of terminal acetylenes is 1. The van der Waals surface area contributed by atoms with Gasteiger partial charge in [-0.15, -0.1) is 6.42 Å². The van der Waals surface area contributed by atoms with Crippen molar-refractivity contribution in [2.75, 3.05) is 19.6 Å². The predicted molar refractivity (Wildman–Crippen MR) is 98.1 cm³/mol. The molecule has 0 unspecified atom stereocenters. The van der Waals surface area contributed by atoms with E-state index in [1.54, 1.807) is 0 Å². The number of hydrogen-bond acceptors (Lipinski definition) is 1. The molecule has 0 aliphatic rings. The summed E-state index contributed by atoms with van der Waals surface area (Å²) < 4.78 is 0. The topological polar surface area (TPSA) is 3.24 Å². The normalized spacial score (nSPS) is 10.6. The van der Waals surface area contributed by atoms with Crippen LogP contribution in [0.4, 0.5) is 0 Å². The van der Waals surface area contributed by atoms with Gasteiger partial charge in [0.2, 0.25) is 0 Å². The van der Waals surface area contributed by atoms with E-state index in [9.17, 15) is 0 Å². The molecule has 0 saturated carbocycles. The highest BCUT2D eigenvalue weighted by Gasteiger charge is 2.04. The molecule has 0 fully saturated rings. The SMILES string of the molecule is C#Cc1ccc(CC(=C)CCCN(CCC)CCCC)cc1. The van der Waals surface area contributed by atoms with Crippen molar-refractivity contribution >= 4 is 0 Å². The van der Waals surface area contributed by atoms with Gasteiger partial charge in [-0.1, -0.05) is 50.5 Å². The third-order valence-corrected chi connectivity index (χ3v) is 3.95. The Bertz CT molecular complexity index is 464. The van der Waals surface area contributed by atoms with Crippen molar-refractivity contribution in [2.24, 2.45) is 0 Å². The van der Waals surface area contributed by atoms with Gasteiger partial charge >= 0.3 is 0 Å². The van der Waals surface area contributed by atoms with E-state index in [0.29, 0.717) is 0 Å². The molecule has 1 rings (SSSR count). The van der Waals surface area contributed by atoms with E-state index in [1.807, 2.05) is 12.1 Å². The van der Waals surface area contributed by atoms with Crippen LogP contribution in [0.3, 0.4) is 0 Å². The van der Waals surface area contributed by atoms with Crippen LogP contribution in [0.1, 0.15) is 57.1 Å². The van der Waals surface area contributed by atoms with Crippen molar-refractivity contribution in [2.45, 2.75) is 52.4 Å². The highest BCUT2D eigenvalue weighted by molar-refractivity contribution is 5.35. The summed E-state index contributed by atoms with van der Waals surface area (Å²) in [5.74, 6) is 2.65. The second kappa shape index (κ2) is 11.1. The first kappa shape index (κ1) is 18.5. The van der Waals surface area contributed by atoms with E-state index in [4.69, 9.17) is 6.42 Å². The van der Waals surface area contributed by atoms with Crippen LogP contribution in [0, 0.1) is 12.3 Å². The molecule has 0 spiro atoms. The quantitative estimate of drug-likeness (QED) is 0.407. The summed E-state index contributed by atoms with van der Waals surface area (Å²) in [5.41, 5.74) is 3.57. The highest BCUT2D eigenvalue weighted by atomic mass is 15.1. The van der Waals surface area contributed by atoms with E-state index in [2.05, 4.69) is 43.4 Å². The largest absolute Gasteiger partial charge is 0.303 e. The molecular formula is C21H31N. The van der Waals surface area contributed by atoms with Crippen molar-refractivity contribution in [1.82, 2.24) is 4.90 Å². The van der Waals surface area contributed by atoms with E-state index in [0.717, 1.165) is 18.4 Å². The molecule has 1 heteroatoms.